The number of aromatic nitrogens is 2. The van der Waals surface area contributed by atoms with Crippen LogP contribution in [-0.2, 0) is 10.0 Å². The van der Waals surface area contributed by atoms with Crippen molar-refractivity contribution in [3.8, 4) is 0 Å². The second-order valence-corrected chi connectivity index (χ2v) is 9.23. The van der Waals surface area contributed by atoms with Gasteiger partial charge in [0.25, 0.3) is 0 Å². The highest BCUT2D eigenvalue weighted by molar-refractivity contribution is 7.89. The summed E-state index contributed by atoms with van der Waals surface area (Å²) in [5.74, 6) is 0.639. The van der Waals surface area contributed by atoms with Gasteiger partial charge in [-0.15, -0.1) is 0 Å². The average molecular weight is 382 g/mol. The van der Waals surface area contributed by atoms with Crippen molar-refractivity contribution in [2.45, 2.75) is 23.7 Å². The zero-order valence-corrected chi connectivity index (χ0v) is 15.8. The molecule has 0 radical (unpaired) electrons. The molecule has 27 heavy (non-hydrogen) atoms. The minimum atomic E-state index is -3.41. The van der Waals surface area contributed by atoms with Gasteiger partial charge < -0.3 is 9.30 Å². The van der Waals surface area contributed by atoms with Crippen LogP contribution in [-0.4, -0.2) is 48.3 Å². The predicted molar refractivity (Wildman–Crippen MR) is 105 cm³/mol. The van der Waals surface area contributed by atoms with Crippen molar-refractivity contribution in [1.82, 2.24) is 13.7 Å². The first-order chi connectivity index (χ1) is 13.1. The summed E-state index contributed by atoms with van der Waals surface area (Å²) < 4.78 is 29.2. The summed E-state index contributed by atoms with van der Waals surface area (Å²) in [6.07, 6.45) is 6.73. The Hall–Kier alpha value is -2.38. The van der Waals surface area contributed by atoms with Crippen LogP contribution in [0.2, 0.25) is 0 Å². The van der Waals surface area contributed by atoms with Crippen molar-refractivity contribution in [2.75, 3.05) is 31.1 Å². The lowest BCUT2D eigenvalue weighted by Gasteiger charge is -2.35. The van der Waals surface area contributed by atoms with Crippen LogP contribution in [0.15, 0.2) is 59.8 Å². The van der Waals surface area contributed by atoms with E-state index in [1.54, 1.807) is 28.6 Å². The molecule has 3 heterocycles. The summed E-state index contributed by atoms with van der Waals surface area (Å²) in [6.45, 7) is 2.35. The highest BCUT2D eigenvalue weighted by atomic mass is 32.2. The van der Waals surface area contributed by atoms with Crippen molar-refractivity contribution in [1.29, 1.82) is 0 Å². The SMILES string of the molecule is O=S(=O)(c1ccccc1)N1CCN(c2ccc3nc(C4CC4)cn3c2)CC1. The number of hydrogen-bond donors (Lipinski definition) is 0. The number of imidazole rings is 1. The van der Waals surface area contributed by atoms with Crippen molar-refractivity contribution in [3.63, 3.8) is 0 Å². The van der Waals surface area contributed by atoms with Crippen molar-refractivity contribution in [2.24, 2.45) is 0 Å². The molecule has 7 heteroatoms. The second kappa shape index (κ2) is 6.35. The Morgan fingerprint density at radius 1 is 0.889 bits per heavy atom. The van der Waals surface area contributed by atoms with E-state index in [-0.39, 0.29) is 0 Å². The summed E-state index contributed by atoms with van der Waals surface area (Å²) in [7, 11) is -3.41. The van der Waals surface area contributed by atoms with E-state index in [0.717, 1.165) is 11.3 Å². The average Bonchev–Trinajstić information content (AvgIpc) is 3.47. The van der Waals surface area contributed by atoms with Crippen LogP contribution in [0, 0.1) is 0 Å². The maximum absolute atomic E-state index is 12.8. The number of benzene rings is 1. The second-order valence-electron chi connectivity index (χ2n) is 7.30. The lowest BCUT2D eigenvalue weighted by atomic mass is 10.3. The molecule has 1 saturated heterocycles. The summed E-state index contributed by atoms with van der Waals surface area (Å²) in [6, 6.07) is 12.8. The topological polar surface area (TPSA) is 57.9 Å². The molecule has 5 rings (SSSR count). The van der Waals surface area contributed by atoms with Gasteiger partial charge in [0, 0.05) is 44.5 Å². The third kappa shape index (κ3) is 3.11. The highest BCUT2D eigenvalue weighted by Crippen LogP contribution is 2.39. The van der Waals surface area contributed by atoms with Gasteiger partial charge in [-0.2, -0.15) is 4.31 Å². The van der Waals surface area contributed by atoms with Crippen LogP contribution in [0.3, 0.4) is 0 Å². The fourth-order valence-corrected chi connectivity index (χ4v) is 5.13. The number of nitrogens with zero attached hydrogens (tertiary/aromatic N) is 4. The van der Waals surface area contributed by atoms with Gasteiger partial charge in [-0.05, 0) is 37.1 Å². The van der Waals surface area contributed by atoms with E-state index in [0.29, 0.717) is 37.0 Å². The van der Waals surface area contributed by atoms with Crippen LogP contribution in [0.1, 0.15) is 24.5 Å². The standard InChI is InChI=1S/C20H22N4O2S/c25-27(26,18-4-2-1-3-5-18)24-12-10-22(11-13-24)17-8-9-20-21-19(16-6-7-16)15-23(20)14-17/h1-5,8-9,14-16H,6-7,10-13H2. The first kappa shape index (κ1) is 16.8. The summed E-state index contributed by atoms with van der Waals surface area (Å²) in [5, 5.41) is 0. The maximum Gasteiger partial charge on any atom is 0.243 e. The van der Waals surface area contributed by atoms with E-state index in [1.807, 2.05) is 12.1 Å². The lowest BCUT2D eigenvalue weighted by molar-refractivity contribution is 0.385. The van der Waals surface area contributed by atoms with Crippen LogP contribution >= 0.6 is 0 Å². The Labute approximate surface area is 159 Å². The highest BCUT2D eigenvalue weighted by Gasteiger charge is 2.29. The molecular weight excluding hydrogens is 360 g/mol. The molecule has 0 bridgehead atoms. The molecule has 2 fully saturated rings. The number of fused-ring (bicyclic) bond motifs is 1. The summed E-state index contributed by atoms with van der Waals surface area (Å²) in [5.41, 5.74) is 3.27. The molecule has 2 aliphatic rings. The van der Waals surface area contributed by atoms with E-state index in [9.17, 15) is 8.42 Å². The van der Waals surface area contributed by atoms with Crippen molar-refractivity contribution >= 4 is 21.4 Å². The van der Waals surface area contributed by atoms with Gasteiger partial charge >= 0.3 is 0 Å². The first-order valence-corrected chi connectivity index (χ1v) is 10.8. The van der Waals surface area contributed by atoms with Gasteiger partial charge in [0.2, 0.25) is 10.0 Å². The largest absolute Gasteiger partial charge is 0.368 e. The molecule has 1 aliphatic heterocycles. The fourth-order valence-electron chi connectivity index (χ4n) is 3.69. The van der Waals surface area contributed by atoms with E-state index in [2.05, 4.69) is 27.8 Å². The summed E-state index contributed by atoms with van der Waals surface area (Å²) in [4.78, 5) is 7.31. The molecule has 0 amide bonds. The maximum atomic E-state index is 12.8. The van der Waals surface area contributed by atoms with Crippen LogP contribution in [0.4, 0.5) is 5.69 Å². The summed E-state index contributed by atoms with van der Waals surface area (Å²) >= 11 is 0. The minimum Gasteiger partial charge on any atom is -0.368 e. The van der Waals surface area contributed by atoms with Gasteiger partial charge in [0.05, 0.1) is 16.3 Å². The van der Waals surface area contributed by atoms with Gasteiger partial charge in [-0.25, -0.2) is 13.4 Å². The van der Waals surface area contributed by atoms with Crippen LogP contribution in [0.5, 0.6) is 0 Å². The molecule has 6 nitrogen and oxygen atoms in total. The number of pyridine rings is 1. The van der Waals surface area contributed by atoms with Gasteiger partial charge in [-0.1, -0.05) is 18.2 Å². The van der Waals surface area contributed by atoms with Gasteiger partial charge in [0.15, 0.2) is 0 Å². The van der Waals surface area contributed by atoms with Crippen LogP contribution < -0.4 is 4.90 Å². The number of hydrogen-bond acceptors (Lipinski definition) is 4. The fraction of sp³-hybridized carbons (Fsp3) is 0.350. The Bertz CT molecular complexity index is 1070. The quantitative estimate of drug-likeness (QED) is 0.696. The van der Waals surface area contributed by atoms with Gasteiger partial charge in [0.1, 0.15) is 5.65 Å². The smallest absolute Gasteiger partial charge is 0.243 e. The van der Waals surface area contributed by atoms with Crippen LogP contribution in [0.25, 0.3) is 5.65 Å². The minimum absolute atomic E-state index is 0.367. The Morgan fingerprint density at radius 3 is 2.33 bits per heavy atom. The monoisotopic (exact) mass is 382 g/mol. The molecule has 0 unspecified atom stereocenters. The molecule has 1 saturated carbocycles. The molecule has 3 aromatic rings. The number of rotatable bonds is 4. The third-order valence-corrected chi connectivity index (χ3v) is 7.35. The number of sulfonamides is 1. The molecular formula is C20H22N4O2S. The molecule has 2 aromatic heterocycles. The zero-order chi connectivity index (χ0) is 18.4. The molecule has 1 aromatic carbocycles. The number of anilines is 1. The Balaban J connectivity index is 1.32. The van der Waals surface area contributed by atoms with E-state index in [1.165, 1.54) is 18.5 Å². The lowest BCUT2D eigenvalue weighted by Crippen LogP contribution is -2.48. The Kier molecular flexibility index (Phi) is 3.94. The molecule has 140 valence electrons. The molecule has 1 aliphatic carbocycles. The van der Waals surface area contributed by atoms with E-state index < -0.39 is 10.0 Å². The zero-order valence-electron chi connectivity index (χ0n) is 15.0. The van der Waals surface area contributed by atoms with E-state index >= 15 is 0 Å². The van der Waals surface area contributed by atoms with Gasteiger partial charge in [-0.3, -0.25) is 0 Å². The van der Waals surface area contributed by atoms with Crippen molar-refractivity contribution < 1.29 is 8.42 Å². The van der Waals surface area contributed by atoms with Crippen molar-refractivity contribution in [3.05, 3.63) is 60.6 Å². The molecule has 0 atom stereocenters. The number of piperazine rings is 1. The Morgan fingerprint density at radius 2 is 1.63 bits per heavy atom. The molecule has 0 spiro atoms. The van der Waals surface area contributed by atoms with E-state index in [4.69, 9.17) is 4.98 Å². The predicted octanol–water partition coefficient (Wildman–Crippen LogP) is 2.72. The normalized spacial score (nSPS) is 18.9. The third-order valence-electron chi connectivity index (χ3n) is 5.43. The first-order valence-electron chi connectivity index (χ1n) is 9.40. The molecule has 0 N–H and O–H groups in total.